The number of nitrogens with zero attached hydrogens (tertiary/aromatic N) is 2. The van der Waals surface area contributed by atoms with Gasteiger partial charge in [-0.1, -0.05) is 59.3 Å². The summed E-state index contributed by atoms with van der Waals surface area (Å²) in [4.78, 5) is 4.58. The number of hydrogen-bond donors (Lipinski definition) is 0. The van der Waals surface area contributed by atoms with Gasteiger partial charge in [-0.3, -0.25) is 0 Å². The minimum atomic E-state index is 0.374. The van der Waals surface area contributed by atoms with Gasteiger partial charge in [0.2, 0.25) is 11.7 Å². The first-order valence-corrected chi connectivity index (χ1v) is 7.27. The molecule has 0 aliphatic heterocycles. The van der Waals surface area contributed by atoms with Gasteiger partial charge in [0.1, 0.15) is 0 Å². The van der Waals surface area contributed by atoms with E-state index >= 15 is 0 Å². The second-order valence-electron chi connectivity index (χ2n) is 5.69. The fourth-order valence-corrected chi connectivity index (χ4v) is 2.82. The smallest absolute Gasteiger partial charge is 0.230 e. The molecular weight excluding hydrogens is 260 g/mol. The molecule has 0 unspecified atom stereocenters. The second kappa shape index (κ2) is 4.85. The van der Waals surface area contributed by atoms with Crippen molar-refractivity contribution in [3.63, 3.8) is 0 Å². The average molecular weight is 276 g/mol. The third-order valence-corrected chi connectivity index (χ3v) is 4.05. The highest BCUT2D eigenvalue weighted by atomic mass is 16.5. The van der Waals surface area contributed by atoms with Gasteiger partial charge in [0.05, 0.1) is 0 Å². The molecule has 0 spiro atoms. The third-order valence-electron chi connectivity index (χ3n) is 4.05. The summed E-state index contributed by atoms with van der Waals surface area (Å²) in [6.07, 6.45) is 1.10. The maximum absolute atomic E-state index is 5.47. The highest BCUT2D eigenvalue weighted by Crippen LogP contribution is 2.54. The molecule has 0 bridgehead atoms. The SMILES string of the molecule is Cc1cccc(-c2noc([C@@H]3C[C@H]3c3ccccc3)n2)c1. The van der Waals surface area contributed by atoms with Gasteiger partial charge < -0.3 is 4.52 Å². The predicted octanol–water partition coefficient (Wildman–Crippen LogP) is 4.32. The summed E-state index contributed by atoms with van der Waals surface area (Å²) in [7, 11) is 0. The number of hydrogen-bond acceptors (Lipinski definition) is 3. The van der Waals surface area contributed by atoms with E-state index in [-0.39, 0.29) is 0 Å². The van der Waals surface area contributed by atoms with Crippen LogP contribution in [0.3, 0.4) is 0 Å². The molecule has 0 amide bonds. The van der Waals surface area contributed by atoms with E-state index in [9.17, 15) is 0 Å². The fraction of sp³-hybridized carbons (Fsp3) is 0.222. The van der Waals surface area contributed by atoms with Crippen LogP contribution in [-0.2, 0) is 0 Å². The number of aromatic nitrogens is 2. The molecule has 4 rings (SSSR count). The Balaban J connectivity index is 1.57. The van der Waals surface area contributed by atoms with Gasteiger partial charge in [-0.05, 0) is 30.9 Å². The summed E-state index contributed by atoms with van der Waals surface area (Å²) < 4.78 is 5.47. The van der Waals surface area contributed by atoms with E-state index in [2.05, 4.69) is 53.5 Å². The molecule has 0 N–H and O–H groups in total. The van der Waals surface area contributed by atoms with Crippen LogP contribution in [0.5, 0.6) is 0 Å². The Labute approximate surface area is 123 Å². The first-order chi connectivity index (χ1) is 10.3. The standard InChI is InChI=1S/C18H16N2O/c1-12-6-5-9-14(10-12)17-19-18(21-20-17)16-11-15(16)13-7-3-2-4-8-13/h2-10,15-16H,11H2,1H3/t15-,16+/m0/s1. The number of rotatable bonds is 3. The van der Waals surface area contributed by atoms with Crippen LogP contribution in [0, 0.1) is 6.92 Å². The molecule has 1 fully saturated rings. The molecular formula is C18H16N2O. The number of aryl methyl sites for hydroxylation is 1. The lowest BCUT2D eigenvalue weighted by atomic mass is 10.1. The Morgan fingerprint density at radius 1 is 1.00 bits per heavy atom. The first kappa shape index (κ1) is 12.3. The highest BCUT2D eigenvalue weighted by Gasteiger charge is 2.43. The summed E-state index contributed by atoms with van der Waals surface area (Å²) >= 11 is 0. The molecule has 3 nitrogen and oxygen atoms in total. The third kappa shape index (κ3) is 2.35. The van der Waals surface area contributed by atoms with Crippen LogP contribution in [0.1, 0.15) is 35.3 Å². The Morgan fingerprint density at radius 2 is 1.86 bits per heavy atom. The van der Waals surface area contributed by atoms with E-state index in [0.717, 1.165) is 17.9 Å². The topological polar surface area (TPSA) is 38.9 Å². The maximum Gasteiger partial charge on any atom is 0.230 e. The van der Waals surface area contributed by atoms with Crippen molar-refractivity contribution < 1.29 is 4.52 Å². The predicted molar refractivity (Wildman–Crippen MR) is 81.0 cm³/mol. The van der Waals surface area contributed by atoms with Gasteiger partial charge >= 0.3 is 0 Å². The monoisotopic (exact) mass is 276 g/mol. The van der Waals surface area contributed by atoms with Crippen molar-refractivity contribution in [1.29, 1.82) is 0 Å². The molecule has 1 aliphatic rings. The van der Waals surface area contributed by atoms with Crippen LogP contribution < -0.4 is 0 Å². The van der Waals surface area contributed by atoms with Crippen LogP contribution in [0.15, 0.2) is 59.1 Å². The van der Waals surface area contributed by atoms with Gasteiger partial charge in [-0.2, -0.15) is 4.98 Å². The van der Waals surface area contributed by atoms with Crippen molar-refractivity contribution in [3.05, 3.63) is 71.6 Å². The molecule has 1 heterocycles. The summed E-state index contributed by atoms with van der Waals surface area (Å²) in [5.41, 5.74) is 3.58. The molecule has 104 valence electrons. The van der Waals surface area contributed by atoms with E-state index < -0.39 is 0 Å². The van der Waals surface area contributed by atoms with Crippen LogP contribution in [0.2, 0.25) is 0 Å². The van der Waals surface area contributed by atoms with Crippen molar-refractivity contribution in [1.82, 2.24) is 10.1 Å². The van der Waals surface area contributed by atoms with Crippen molar-refractivity contribution >= 4 is 0 Å². The van der Waals surface area contributed by atoms with Gasteiger partial charge in [0, 0.05) is 11.5 Å². The van der Waals surface area contributed by atoms with E-state index in [1.54, 1.807) is 0 Å². The zero-order valence-corrected chi connectivity index (χ0v) is 11.9. The molecule has 2 atom stereocenters. The highest BCUT2D eigenvalue weighted by molar-refractivity contribution is 5.55. The molecule has 2 aromatic carbocycles. The lowest BCUT2D eigenvalue weighted by Gasteiger charge is -1.96. The van der Waals surface area contributed by atoms with Crippen molar-refractivity contribution in [2.45, 2.75) is 25.2 Å². The Kier molecular flexibility index (Phi) is 2.85. The molecule has 3 heteroatoms. The minimum absolute atomic E-state index is 0.374. The first-order valence-electron chi connectivity index (χ1n) is 7.27. The fourth-order valence-electron chi connectivity index (χ4n) is 2.82. The second-order valence-corrected chi connectivity index (χ2v) is 5.69. The van der Waals surface area contributed by atoms with Crippen molar-refractivity contribution in [2.75, 3.05) is 0 Å². The van der Waals surface area contributed by atoms with E-state index in [4.69, 9.17) is 4.52 Å². The normalized spacial score (nSPS) is 20.4. The molecule has 21 heavy (non-hydrogen) atoms. The van der Waals surface area contributed by atoms with Crippen molar-refractivity contribution in [2.24, 2.45) is 0 Å². The van der Waals surface area contributed by atoms with Gasteiger partial charge in [-0.15, -0.1) is 0 Å². The quantitative estimate of drug-likeness (QED) is 0.715. The van der Waals surface area contributed by atoms with Crippen LogP contribution in [0.4, 0.5) is 0 Å². The Hall–Kier alpha value is -2.42. The lowest BCUT2D eigenvalue weighted by Crippen LogP contribution is -1.85. The molecule has 0 saturated heterocycles. The maximum atomic E-state index is 5.47. The van der Waals surface area contributed by atoms with Gasteiger partial charge in [0.15, 0.2) is 0 Å². The molecule has 1 aliphatic carbocycles. The molecule has 3 aromatic rings. The Morgan fingerprint density at radius 3 is 2.67 bits per heavy atom. The number of benzene rings is 2. The summed E-state index contributed by atoms with van der Waals surface area (Å²) in [5, 5.41) is 4.13. The summed E-state index contributed by atoms with van der Waals surface area (Å²) in [5.74, 6) is 2.35. The van der Waals surface area contributed by atoms with E-state index in [1.807, 2.05) is 18.2 Å². The lowest BCUT2D eigenvalue weighted by molar-refractivity contribution is 0.378. The molecule has 1 aromatic heterocycles. The summed E-state index contributed by atoms with van der Waals surface area (Å²) in [6.45, 7) is 2.07. The van der Waals surface area contributed by atoms with Crippen LogP contribution >= 0.6 is 0 Å². The van der Waals surface area contributed by atoms with Crippen LogP contribution in [-0.4, -0.2) is 10.1 Å². The minimum Gasteiger partial charge on any atom is -0.339 e. The molecule has 1 saturated carbocycles. The van der Waals surface area contributed by atoms with Gasteiger partial charge in [0.25, 0.3) is 0 Å². The van der Waals surface area contributed by atoms with E-state index in [0.29, 0.717) is 17.7 Å². The Bertz CT molecular complexity index is 764. The summed E-state index contributed by atoms with van der Waals surface area (Å²) in [6, 6.07) is 18.7. The zero-order valence-electron chi connectivity index (χ0n) is 11.9. The molecule has 0 radical (unpaired) electrons. The van der Waals surface area contributed by atoms with Crippen LogP contribution in [0.25, 0.3) is 11.4 Å². The largest absolute Gasteiger partial charge is 0.339 e. The van der Waals surface area contributed by atoms with Gasteiger partial charge in [-0.25, -0.2) is 0 Å². The van der Waals surface area contributed by atoms with E-state index in [1.165, 1.54) is 11.1 Å². The zero-order chi connectivity index (χ0) is 14.2. The van der Waals surface area contributed by atoms with Crippen molar-refractivity contribution in [3.8, 4) is 11.4 Å². The average Bonchev–Trinajstić information content (AvgIpc) is 3.17.